The molecule has 0 amide bonds. The molecule has 0 aromatic rings. The Morgan fingerprint density at radius 3 is 2.42 bits per heavy atom. The van der Waals surface area contributed by atoms with E-state index in [0.29, 0.717) is 11.3 Å². The zero-order valence-electron chi connectivity index (χ0n) is 8.32. The summed E-state index contributed by atoms with van der Waals surface area (Å²) < 4.78 is 0. The third-order valence-electron chi connectivity index (χ3n) is 2.58. The van der Waals surface area contributed by atoms with E-state index in [4.69, 9.17) is 11.6 Å². The van der Waals surface area contributed by atoms with Gasteiger partial charge < -0.3 is 0 Å². The summed E-state index contributed by atoms with van der Waals surface area (Å²) in [4.78, 5) is 0. The Morgan fingerprint density at radius 2 is 2.00 bits per heavy atom. The predicted molar refractivity (Wildman–Crippen MR) is 55.3 cm³/mol. The van der Waals surface area contributed by atoms with Crippen LogP contribution in [0.15, 0.2) is 22.8 Å². The van der Waals surface area contributed by atoms with E-state index in [-0.39, 0.29) is 0 Å². The number of rotatable bonds is 0. The van der Waals surface area contributed by atoms with E-state index in [1.54, 1.807) is 0 Å². The highest BCUT2D eigenvalue weighted by molar-refractivity contribution is 6.31. The molecule has 0 bridgehead atoms. The van der Waals surface area contributed by atoms with Gasteiger partial charge >= 0.3 is 0 Å². The molecule has 12 heavy (non-hydrogen) atoms. The molecule has 0 fully saturated rings. The Hall–Kier alpha value is -0.230. The molecule has 68 valence electrons. The quantitative estimate of drug-likeness (QED) is 0.531. The van der Waals surface area contributed by atoms with Crippen molar-refractivity contribution in [3.8, 4) is 0 Å². The first kappa shape index (κ1) is 9.85. The Morgan fingerprint density at radius 1 is 1.42 bits per heavy atom. The molecule has 1 rings (SSSR count). The van der Waals surface area contributed by atoms with Gasteiger partial charge in [0.15, 0.2) is 0 Å². The Labute approximate surface area is 80.3 Å². The smallest absolute Gasteiger partial charge is 0.0395 e. The Kier molecular flexibility index (Phi) is 2.67. The molecule has 0 saturated carbocycles. The first-order valence-electron chi connectivity index (χ1n) is 4.45. The molecule has 1 atom stereocenters. The molecule has 0 saturated heterocycles. The third-order valence-corrected chi connectivity index (χ3v) is 3.00. The van der Waals surface area contributed by atoms with Crippen LogP contribution in [0.25, 0.3) is 0 Å². The number of hydrogen-bond acceptors (Lipinski definition) is 0. The first-order valence-corrected chi connectivity index (χ1v) is 4.83. The SMILES string of the molecule is CC1=C(Cl)C=CCC1C(C)(C)C. The second-order valence-electron chi connectivity index (χ2n) is 4.59. The van der Waals surface area contributed by atoms with Crippen molar-refractivity contribution in [3.63, 3.8) is 0 Å². The summed E-state index contributed by atoms with van der Waals surface area (Å²) >= 11 is 6.06. The van der Waals surface area contributed by atoms with Crippen molar-refractivity contribution in [2.75, 3.05) is 0 Å². The molecule has 0 heterocycles. The summed E-state index contributed by atoms with van der Waals surface area (Å²) in [5, 5.41) is 0.932. The summed E-state index contributed by atoms with van der Waals surface area (Å²) in [5.41, 5.74) is 1.67. The van der Waals surface area contributed by atoms with E-state index in [9.17, 15) is 0 Å². The average molecular weight is 185 g/mol. The monoisotopic (exact) mass is 184 g/mol. The fourth-order valence-electron chi connectivity index (χ4n) is 1.79. The molecule has 0 nitrogen and oxygen atoms in total. The van der Waals surface area contributed by atoms with Gasteiger partial charge in [-0.05, 0) is 30.8 Å². The minimum atomic E-state index is 0.328. The lowest BCUT2D eigenvalue weighted by molar-refractivity contribution is 0.279. The maximum Gasteiger partial charge on any atom is 0.0395 e. The van der Waals surface area contributed by atoms with Crippen LogP contribution in [0.4, 0.5) is 0 Å². The van der Waals surface area contributed by atoms with Crippen molar-refractivity contribution in [3.05, 3.63) is 22.8 Å². The van der Waals surface area contributed by atoms with E-state index in [0.717, 1.165) is 11.5 Å². The van der Waals surface area contributed by atoms with Crippen molar-refractivity contribution < 1.29 is 0 Å². The highest BCUT2D eigenvalue weighted by atomic mass is 35.5. The van der Waals surface area contributed by atoms with Gasteiger partial charge in [0.1, 0.15) is 0 Å². The van der Waals surface area contributed by atoms with Gasteiger partial charge in [-0.2, -0.15) is 0 Å². The zero-order chi connectivity index (χ0) is 9.35. The topological polar surface area (TPSA) is 0 Å². The molecule has 0 radical (unpaired) electrons. The van der Waals surface area contributed by atoms with Crippen molar-refractivity contribution in [1.82, 2.24) is 0 Å². The summed E-state index contributed by atoms with van der Waals surface area (Å²) in [5.74, 6) is 0.606. The van der Waals surface area contributed by atoms with Gasteiger partial charge in [0, 0.05) is 5.03 Å². The third kappa shape index (κ3) is 1.92. The summed E-state index contributed by atoms with van der Waals surface area (Å²) in [6.07, 6.45) is 5.32. The van der Waals surface area contributed by atoms with Gasteiger partial charge in [-0.15, -0.1) is 0 Å². The molecule has 0 aromatic heterocycles. The van der Waals surface area contributed by atoms with E-state index in [1.165, 1.54) is 5.57 Å². The van der Waals surface area contributed by atoms with Crippen LogP contribution in [-0.2, 0) is 0 Å². The molecular weight excluding hydrogens is 168 g/mol. The fourth-order valence-corrected chi connectivity index (χ4v) is 2.01. The van der Waals surface area contributed by atoms with Crippen LogP contribution in [0.5, 0.6) is 0 Å². The average Bonchev–Trinajstić information content (AvgIpc) is 1.92. The van der Waals surface area contributed by atoms with Crippen LogP contribution in [0.2, 0.25) is 0 Å². The molecule has 0 aromatic carbocycles. The summed E-state index contributed by atoms with van der Waals surface area (Å²) in [6, 6.07) is 0. The highest BCUT2D eigenvalue weighted by Crippen LogP contribution is 2.39. The molecule has 0 spiro atoms. The van der Waals surface area contributed by atoms with E-state index < -0.39 is 0 Å². The van der Waals surface area contributed by atoms with E-state index >= 15 is 0 Å². The molecule has 1 unspecified atom stereocenters. The first-order chi connectivity index (χ1) is 5.43. The van der Waals surface area contributed by atoms with E-state index in [2.05, 4.69) is 33.8 Å². The van der Waals surface area contributed by atoms with Gasteiger partial charge in [0.2, 0.25) is 0 Å². The lowest BCUT2D eigenvalue weighted by Gasteiger charge is -2.33. The number of hydrogen-bond donors (Lipinski definition) is 0. The maximum absolute atomic E-state index is 6.06. The van der Waals surface area contributed by atoms with Crippen molar-refractivity contribution in [2.45, 2.75) is 34.1 Å². The van der Waals surface area contributed by atoms with Crippen LogP contribution < -0.4 is 0 Å². The highest BCUT2D eigenvalue weighted by Gasteiger charge is 2.27. The van der Waals surface area contributed by atoms with Gasteiger partial charge in [0.05, 0.1) is 0 Å². The zero-order valence-corrected chi connectivity index (χ0v) is 9.07. The number of halogens is 1. The van der Waals surface area contributed by atoms with Crippen LogP contribution in [0.1, 0.15) is 34.1 Å². The van der Waals surface area contributed by atoms with Gasteiger partial charge in [-0.25, -0.2) is 0 Å². The van der Waals surface area contributed by atoms with Gasteiger partial charge in [-0.1, -0.05) is 44.0 Å². The largest absolute Gasteiger partial charge is 0.0844 e. The van der Waals surface area contributed by atoms with Crippen LogP contribution >= 0.6 is 11.6 Å². The van der Waals surface area contributed by atoms with Gasteiger partial charge in [-0.3, -0.25) is 0 Å². The molecule has 0 aliphatic heterocycles. The second kappa shape index (κ2) is 3.26. The van der Waals surface area contributed by atoms with Crippen molar-refractivity contribution in [1.29, 1.82) is 0 Å². The lowest BCUT2D eigenvalue weighted by Crippen LogP contribution is -2.22. The molecular formula is C11H17Cl. The maximum atomic E-state index is 6.06. The Balaban J connectivity index is 2.91. The second-order valence-corrected chi connectivity index (χ2v) is 4.99. The number of allylic oxidation sites excluding steroid dienone is 4. The predicted octanol–water partition coefficient (Wildman–Crippen LogP) is 4.12. The lowest BCUT2D eigenvalue weighted by atomic mass is 9.73. The van der Waals surface area contributed by atoms with Crippen molar-refractivity contribution in [2.24, 2.45) is 11.3 Å². The normalized spacial score (nSPS) is 24.9. The van der Waals surface area contributed by atoms with Crippen LogP contribution in [0.3, 0.4) is 0 Å². The Bertz CT molecular complexity index is 228. The van der Waals surface area contributed by atoms with Crippen LogP contribution in [-0.4, -0.2) is 0 Å². The summed E-state index contributed by atoms with van der Waals surface area (Å²) in [7, 11) is 0. The standard InChI is InChI=1S/C11H17Cl/c1-8-9(11(2,3)4)6-5-7-10(8)12/h5,7,9H,6H2,1-4H3. The van der Waals surface area contributed by atoms with Gasteiger partial charge in [0.25, 0.3) is 0 Å². The van der Waals surface area contributed by atoms with E-state index in [1.807, 2.05) is 6.08 Å². The van der Waals surface area contributed by atoms with Crippen molar-refractivity contribution >= 4 is 11.6 Å². The fraction of sp³-hybridized carbons (Fsp3) is 0.636. The van der Waals surface area contributed by atoms with Crippen LogP contribution in [0, 0.1) is 11.3 Å². The molecule has 0 N–H and O–H groups in total. The molecule has 1 aliphatic rings. The summed E-state index contributed by atoms with van der Waals surface area (Å²) in [6.45, 7) is 8.95. The minimum absolute atomic E-state index is 0.328. The minimum Gasteiger partial charge on any atom is -0.0844 e. The molecule has 1 aliphatic carbocycles. The molecule has 1 heteroatoms.